The van der Waals surface area contributed by atoms with Crippen molar-refractivity contribution in [1.29, 1.82) is 0 Å². The molecular weight excluding hydrogens is 296 g/mol. The van der Waals surface area contributed by atoms with E-state index in [0.29, 0.717) is 13.0 Å². The first-order valence-corrected chi connectivity index (χ1v) is 8.13. The first-order valence-electron chi connectivity index (χ1n) is 7.19. The number of ether oxygens (including phenoxy) is 1. The summed E-state index contributed by atoms with van der Waals surface area (Å²) in [5.41, 5.74) is 2.13. The average Bonchev–Trinajstić information content (AvgIpc) is 3.01. The molecule has 0 bridgehead atoms. The summed E-state index contributed by atoms with van der Waals surface area (Å²) in [6, 6.07) is 9.89. The molecule has 0 saturated carbocycles. The zero-order valence-electron chi connectivity index (χ0n) is 13.2. The Kier molecular flexibility index (Phi) is 5.98. The smallest absolute Gasteiger partial charge is 0.224 e. The molecule has 4 nitrogen and oxygen atoms in total. The summed E-state index contributed by atoms with van der Waals surface area (Å²) in [5, 5.41) is 7.20. The molecule has 0 fully saturated rings. The molecule has 0 aliphatic carbocycles. The Bertz CT molecular complexity index is 596. The number of carbonyl (C=O) groups excluding carboxylic acids is 1. The first-order chi connectivity index (χ1) is 10.6. The number of para-hydroxylation sites is 1. The lowest BCUT2D eigenvalue weighted by Crippen LogP contribution is -2.35. The third-order valence-corrected chi connectivity index (χ3v) is 4.29. The van der Waals surface area contributed by atoms with Crippen LogP contribution in [-0.4, -0.2) is 38.6 Å². The SMILES string of the molecule is COc1ccccc1CC(=O)NC[C@H](c1ccsc1)N(C)C. The summed E-state index contributed by atoms with van der Waals surface area (Å²) < 4.78 is 5.28. The molecule has 2 rings (SSSR count). The number of rotatable bonds is 7. The molecule has 22 heavy (non-hydrogen) atoms. The lowest BCUT2D eigenvalue weighted by molar-refractivity contribution is -0.120. The molecule has 0 aliphatic heterocycles. The fourth-order valence-electron chi connectivity index (χ4n) is 2.36. The highest BCUT2D eigenvalue weighted by atomic mass is 32.1. The number of hydrogen-bond acceptors (Lipinski definition) is 4. The molecule has 0 spiro atoms. The van der Waals surface area contributed by atoms with Crippen molar-refractivity contribution >= 4 is 17.2 Å². The van der Waals surface area contributed by atoms with E-state index < -0.39 is 0 Å². The van der Waals surface area contributed by atoms with Crippen LogP contribution in [0, 0.1) is 0 Å². The standard InChI is InChI=1S/C17H22N2O2S/c1-19(2)15(14-8-9-22-12-14)11-18-17(20)10-13-6-4-5-7-16(13)21-3/h4-9,12,15H,10-11H2,1-3H3,(H,18,20)/t15-/m1/s1. The third kappa shape index (κ3) is 4.32. The molecule has 0 saturated heterocycles. The van der Waals surface area contributed by atoms with Crippen molar-refractivity contribution in [2.24, 2.45) is 0 Å². The predicted octanol–water partition coefficient (Wildman–Crippen LogP) is 2.72. The second kappa shape index (κ2) is 7.96. The van der Waals surface area contributed by atoms with Crippen LogP contribution in [0.3, 0.4) is 0 Å². The number of hydrogen-bond donors (Lipinski definition) is 1. The van der Waals surface area contributed by atoms with E-state index in [0.717, 1.165) is 11.3 Å². The van der Waals surface area contributed by atoms with Gasteiger partial charge in [-0.15, -0.1) is 0 Å². The lowest BCUT2D eigenvalue weighted by atomic mass is 10.1. The van der Waals surface area contributed by atoms with Gasteiger partial charge in [0.25, 0.3) is 0 Å². The van der Waals surface area contributed by atoms with Crippen LogP contribution < -0.4 is 10.1 Å². The zero-order valence-corrected chi connectivity index (χ0v) is 14.0. The Hall–Kier alpha value is -1.85. The number of methoxy groups -OCH3 is 1. The normalized spacial score (nSPS) is 12.2. The van der Waals surface area contributed by atoms with Crippen molar-refractivity contribution in [1.82, 2.24) is 10.2 Å². The van der Waals surface area contributed by atoms with Gasteiger partial charge in [-0.25, -0.2) is 0 Å². The lowest BCUT2D eigenvalue weighted by Gasteiger charge is -2.24. The van der Waals surface area contributed by atoms with Crippen LogP contribution in [0.2, 0.25) is 0 Å². The molecule has 1 amide bonds. The number of amides is 1. The van der Waals surface area contributed by atoms with Gasteiger partial charge in [0.1, 0.15) is 5.75 Å². The average molecular weight is 318 g/mol. The fourth-order valence-corrected chi connectivity index (χ4v) is 3.07. The van der Waals surface area contributed by atoms with Crippen molar-refractivity contribution in [3.63, 3.8) is 0 Å². The van der Waals surface area contributed by atoms with Crippen molar-refractivity contribution in [2.45, 2.75) is 12.5 Å². The van der Waals surface area contributed by atoms with Crippen molar-refractivity contribution in [3.05, 3.63) is 52.2 Å². The Balaban J connectivity index is 1.94. The predicted molar refractivity (Wildman–Crippen MR) is 90.5 cm³/mol. The van der Waals surface area contributed by atoms with E-state index in [4.69, 9.17) is 4.74 Å². The van der Waals surface area contributed by atoms with Gasteiger partial charge in [-0.1, -0.05) is 18.2 Å². The fraction of sp³-hybridized carbons (Fsp3) is 0.353. The van der Waals surface area contributed by atoms with E-state index in [1.54, 1.807) is 18.4 Å². The van der Waals surface area contributed by atoms with Gasteiger partial charge in [-0.3, -0.25) is 4.79 Å². The van der Waals surface area contributed by atoms with E-state index >= 15 is 0 Å². The van der Waals surface area contributed by atoms with E-state index in [1.807, 2.05) is 38.4 Å². The van der Waals surface area contributed by atoms with Gasteiger partial charge in [0.15, 0.2) is 0 Å². The van der Waals surface area contributed by atoms with Crippen LogP contribution in [0.25, 0.3) is 0 Å². The molecule has 118 valence electrons. The molecule has 2 aromatic rings. The van der Waals surface area contributed by atoms with Crippen LogP contribution in [0.1, 0.15) is 17.2 Å². The number of thiophene rings is 1. The molecule has 0 aliphatic rings. The molecule has 1 atom stereocenters. The second-order valence-electron chi connectivity index (χ2n) is 5.33. The van der Waals surface area contributed by atoms with Gasteiger partial charge in [0, 0.05) is 12.1 Å². The van der Waals surface area contributed by atoms with Crippen LogP contribution >= 0.6 is 11.3 Å². The van der Waals surface area contributed by atoms with Crippen molar-refractivity contribution in [2.75, 3.05) is 27.7 Å². The highest BCUT2D eigenvalue weighted by Crippen LogP contribution is 2.20. The molecular formula is C17H22N2O2S. The second-order valence-corrected chi connectivity index (χ2v) is 6.11. The molecule has 1 aromatic heterocycles. The number of likely N-dealkylation sites (N-methyl/N-ethyl adjacent to an activating group) is 1. The third-order valence-electron chi connectivity index (χ3n) is 3.59. The van der Waals surface area contributed by atoms with Crippen LogP contribution in [-0.2, 0) is 11.2 Å². The number of nitrogens with one attached hydrogen (secondary N) is 1. The van der Waals surface area contributed by atoms with Gasteiger partial charge in [0.2, 0.25) is 5.91 Å². The number of benzene rings is 1. The van der Waals surface area contributed by atoms with E-state index in [1.165, 1.54) is 5.56 Å². The van der Waals surface area contributed by atoms with Gasteiger partial charge in [-0.2, -0.15) is 11.3 Å². The summed E-state index contributed by atoms with van der Waals surface area (Å²) in [5.74, 6) is 0.756. The van der Waals surface area contributed by atoms with Gasteiger partial charge < -0.3 is 15.0 Å². The minimum absolute atomic E-state index is 0.00609. The summed E-state index contributed by atoms with van der Waals surface area (Å²) >= 11 is 1.67. The minimum atomic E-state index is 0.00609. The molecule has 0 radical (unpaired) electrons. The topological polar surface area (TPSA) is 41.6 Å². The van der Waals surface area contributed by atoms with Gasteiger partial charge >= 0.3 is 0 Å². The van der Waals surface area contributed by atoms with Gasteiger partial charge in [0.05, 0.1) is 19.6 Å². The maximum Gasteiger partial charge on any atom is 0.224 e. The maximum absolute atomic E-state index is 12.2. The molecule has 1 heterocycles. The Morgan fingerprint density at radius 3 is 2.73 bits per heavy atom. The maximum atomic E-state index is 12.2. The summed E-state index contributed by atoms with van der Waals surface area (Å²) in [7, 11) is 5.67. The van der Waals surface area contributed by atoms with Crippen molar-refractivity contribution < 1.29 is 9.53 Å². The van der Waals surface area contributed by atoms with E-state index in [9.17, 15) is 4.79 Å². The van der Waals surface area contributed by atoms with E-state index in [2.05, 4.69) is 27.0 Å². The van der Waals surface area contributed by atoms with Crippen LogP contribution in [0.5, 0.6) is 5.75 Å². The Morgan fingerprint density at radius 2 is 2.09 bits per heavy atom. The number of nitrogens with zero attached hydrogens (tertiary/aromatic N) is 1. The minimum Gasteiger partial charge on any atom is -0.496 e. The van der Waals surface area contributed by atoms with Crippen LogP contribution in [0.4, 0.5) is 0 Å². The quantitative estimate of drug-likeness (QED) is 0.853. The zero-order chi connectivity index (χ0) is 15.9. The Morgan fingerprint density at radius 1 is 1.32 bits per heavy atom. The summed E-state index contributed by atoms with van der Waals surface area (Å²) in [6.45, 7) is 0.595. The molecule has 1 aromatic carbocycles. The molecule has 5 heteroatoms. The van der Waals surface area contributed by atoms with Gasteiger partial charge in [-0.05, 0) is 42.6 Å². The molecule has 0 unspecified atom stereocenters. The van der Waals surface area contributed by atoms with Crippen molar-refractivity contribution in [3.8, 4) is 5.75 Å². The highest BCUT2D eigenvalue weighted by molar-refractivity contribution is 7.07. The summed E-state index contributed by atoms with van der Waals surface area (Å²) in [4.78, 5) is 14.3. The van der Waals surface area contributed by atoms with E-state index in [-0.39, 0.29) is 11.9 Å². The van der Waals surface area contributed by atoms with Crippen LogP contribution in [0.15, 0.2) is 41.1 Å². The monoisotopic (exact) mass is 318 g/mol. The number of carbonyl (C=O) groups is 1. The molecule has 1 N–H and O–H groups in total. The highest BCUT2D eigenvalue weighted by Gasteiger charge is 2.16. The first kappa shape index (κ1) is 16.5. The summed E-state index contributed by atoms with van der Waals surface area (Å²) in [6.07, 6.45) is 0.327. The largest absolute Gasteiger partial charge is 0.496 e. The Labute approximate surface area is 135 Å².